The largest absolute Gasteiger partial charge is 0.468 e. The van der Waals surface area contributed by atoms with E-state index < -0.39 is 10.0 Å². The zero-order chi connectivity index (χ0) is 17.9. The predicted molar refractivity (Wildman–Crippen MR) is 100.0 cm³/mol. The number of furan rings is 1. The smallest absolute Gasteiger partial charge is 0.243 e. The molecule has 4 nitrogen and oxygen atoms in total. The Hall–Kier alpha value is -1.89. The number of nitrogens with zero attached hydrogens (tertiary/aromatic N) is 1. The molecule has 3 aromatic rings. The molecule has 25 heavy (non-hydrogen) atoms. The molecular weight excluding hydrogens is 354 g/mol. The van der Waals surface area contributed by atoms with E-state index in [1.54, 1.807) is 41.9 Å². The molecule has 0 N–H and O–H groups in total. The van der Waals surface area contributed by atoms with Crippen molar-refractivity contribution in [3.05, 3.63) is 76.4 Å². The van der Waals surface area contributed by atoms with Gasteiger partial charge in [-0.3, -0.25) is 0 Å². The minimum Gasteiger partial charge on any atom is -0.468 e. The van der Waals surface area contributed by atoms with Crippen molar-refractivity contribution in [2.45, 2.75) is 37.8 Å². The molecule has 0 aliphatic rings. The summed E-state index contributed by atoms with van der Waals surface area (Å²) in [6, 6.07) is 12.6. The van der Waals surface area contributed by atoms with Gasteiger partial charge in [0.1, 0.15) is 5.76 Å². The van der Waals surface area contributed by atoms with Crippen molar-refractivity contribution < 1.29 is 12.8 Å². The maximum absolute atomic E-state index is 13.2. The minimum atomic E-state index is -3.62. The van der Waals surface area contributed by atoms with Crippen molar-refractivity contribution in [2.24, 2.45) is 0 Å². The fourth-order valence-electron chi connectivity index (χ4n) is 2.56. The Morgan fingerprint density at radius 1 is 1.08 bits per heavy atom. The molecular formula is C19H21NO3S2. The molecule has 0 radical (unpaired) electrons. The number of rotatable bonds is 7. The summed E-state index contributed by atoms with van der Waals surface area (Å²) in [5.74, 6) is 0.986. The van der Waals surface area contributed by atoms with Crippen molar-refractivity contribution in [1.29, 1.82) is 0 Å². The van der Waals surface area contributed by atoms with Crippen LogP contribution in [0, 0.1) is 0 Å². The van der Waals surface area contributed by atoms with E-state index in [2.05, 4.69) is 13.8 Å². The molecule has 0 saturated heterocycles. The van der Waals surface area contributed by atoms with Gasteiger partial charge in [0.05, 0.1) is 17.7 Å². The summed E-state index contributed by atoms with van der Waals surface area (Å²) < 4.78 is 33.1. The van der Waals surface area contributed by atoms with Gasteiger partial charge in [-0.05, 0) is 58.1 Å². The first-order valence-electron chi connectivity index (χ1n) is 8.10. The lowest BCUT2D eigenvalue weighted by Crippen LogP contribution is -2.30. The van der Waals surface area contributed by atoms with Crippen LogP contribution in [0.25, 0.3) is 0 Å². The van der Waals surface area contributed by atoms with E-state index in [0.717, 1.165) is 11.1 Å². The molecule has 0 unspecified atom stereocenters. The number of sulfonamides is 1. The first-order chi connectivity index (χ1) is 12.0. The van der Waals surface area contributed by atoms with Gasteiger partial charge in [0.15, 0.2) is 0 Å². The van der Waals surface area contributed by atoms with E-state index in [-0.39, 0.29) is 6.54 Å². The van der Waals surface area contributed by atoms with Gasteiger partial charge in [0, 0.05) is 6.54 Å². The molecule has 0 aliphatic carbocycles. The normalized spacial score (nSPS) is 12.2. The monoisotopic (exact) mass is 375 g/mol. The van der Waals surface area contributed by atoms with Crippen molar-refractivity contribution >= 4 is 21.4 Å². The van der Waals surface area contributed by atoms with E-state index in [1.807, 2.05) is 29.0 Å². The summed E-state index contributed by atoms with van der Waals surface area (Å²) in [7, 11) is -3.62. The Morgan fingerprint density at radius 2 is 1.84 bits per heavy atom. The zero-order valence-corrected chi connectivity index (χ0v) is 15.9. The number of hydrogen-bond acceptors (Lipinski definition) is 4. The fourth-order valence-corrected chi connectivity index (χ4v) is 4.62. The van der Waals surface area contributed by atoms with Crippen molar-refractivity contribution in [1.82, 2.24) is 4.31 Å². The summed E-state index contributed by atoms with van der Waals surface area (Å²) in [6.07, 6.45) is 1.56. The molecule has 1 aromatic carbocycles. The number of benzene rings is 1. The van der Waals surface area contributed by atoms with Crippen molar-refractivity contribution in [3.8, 4) is 0 Å². The van der Waals surface area contributed by atoms with Gasteiger partial charge >= 0.3 is 0 Å². The fraction of sp³-hybridized carbons (Fsp3) is 0.263. The molecule has 6 heteroatoms. The minimum absolute atomic E-state index is 0.205. The maximum Gasteiger partial charge on any atom is 0.243 e. The molecule has 0 atom stereocenters. The molecule has 0 aliphatic heterocycles. The van der Waals surface area contributed by atoms with Gasteiger partial charge in [0.2, 0.25) is 10.0 Å². The lowest BCUT2D eigenvalue weighted by atomic mass is 10.0. The highest BCUT2D eigenvalue weighted by Gasteiger charge is 2.26. The van der Waals surface area contributed by atoms with Crippen LogP contribution in [0.3, 0.4) is 0 Å². The molecule has 3 rings (SSSR count). The topological polar surface area (TPSA) is 50.5 Å². The van der Waals surface area contributed by atoms with E-state index in [1.165, 1.54) is 4.31 Å². The SMILES string of the molecule is CC(C)c1ccc(S(=O)(=O)N(Cc2ccsc2)Cc2ccco2)cc1. The van der Waals surface area contributed by atoms with E-state index >= 15 is 0 Å². The third-order valence-corrected chi connectivity index (χ3v) is 6.57. The van der Waals surface area contributed by atoms with Crippen LogP contribution in [-0.2, 0) is 23.1 Å². The quantitative estimate of drug-likeness (QED) is 0.593. The molecule has 132 valence electrons. The van der Waals surface area contributed by atoms with Crippen LogP contribution in [0.4, 0.5) is 0 Å². The van der Waals surface area contributed by atoms with Gasteiger partial charge in [-0.1, -0.05) is 26.0 Å². The van der Waals surface area contributed by atoms with E-state index in [9.17, 15) is 8.42 Å². The van der Waals surface area contributed by atoms with Crippen molar-refractivity contribution in [2.75, 3.05) is 0 Å². The number of hydrogen-bond donors (Lipinski definition) is 0. The van der Waals surface area contributed by atoms with Crippen LogP contribution in [0.2, 0.25) is 0 Å². The lowest BCUT2D eigenvalue weighted by Gasteiger charge is -2.21. The maximum atomic E-state index is 13.2. The zero-order valence-electron chi connectivity index (χ0n) is 14.3. The Balaban J connectivity index is 1.92. The molecule has 2 aromatic heterocycles. The summed E-state index contributed by atoms with van der Waals surface area (Å²) in [5, 5.41) is 3.91. The van der Waals surface area contributed by atoms with Crippen LogP contribution in [0.1, 0.15) is 36.7 Å². The predicted octanol–water partition coefficient (Wildman–Crippen LogP) is 4.86. The Bertz CT molecular complexity index is 845. The van der Waals surface area contributed by atoms with Crippen LogP contribution < -0.4 is 0 Å². The van der Waals surface area contributed by atoms with Crippen LogP contribution >= 0.6 is 11.3 Å². The van der Waals surface area contributed by atoms with Gasteiger partial charge in [-0.25, -0.2) is 8.42 Å². The first-order valence-corrected chi connectivity index (χ1v) is 10.5. The number of thiophene rings is 1. The van der Waals surface area contributed by atoms with Gasteiger partial charge in [-0.2, -0.15) is 15.6 Å². The average molecular weight is 376 g/mol. The molecule has 0 spiro atoms. The second-order valence-corrected chi connectivity index (χ2v) is 8.93. The van der Waals surface area contributed by atoms with E-state index in [4.69, 9.17) is 4.42 Å². The second kappa shape index (κ2) is 7.56. The third-order valence-electron chi connectivity index (χ3n) is 4.04. The first kappa shape index (κ1) is 17.9. The van der Waals surface area contributed by atoms with Gasteiger partial charge in [0.25, 0.3) is 0 Å². The summed E-state index contributed by atoms with van der Waals surface area (Å²) in [5.41, 5.74) is 2.09. The molecule has 2 heterocycles. The van der Waals surface area contributed by atoms with Crippen molar-refractivity contribution in [3.63, 3.8) is 0 Å². The Labute approximate surface area is 152 Å². The Morgan fingerprint density at radius 3 is 2.40 bits per heavy atom. The van der Waals surface area contributed by atoms with Crippen LogP contribution in [0.5, 0.6) is 0 Å². The highest BCUT2D eigenvalue weighted by molar-refractivity contribution is 7.89. The Kier molecular flexibility index (Phi) is 5.42. The highest BCUT2D eigenvalue weighted by Crippen LogP contribution is 2.24. The van der Waals surface area contributed by atoms with E-state index in [0.29, 0.717) is 23.1 Å². The van der Waals surface area contributed by atoms with Crippen LogP contribution in [0.15, 0.2) is 68.8 Å². The molecule has 0 amide bonds. The third kappa shape index (κ3) is 4.21. The highest BCUT2D eigenvalue weighted by atomic mass is 32.2. The summed E-state index contributed by atoms with van der Waals surface area (Å²) >= 11 is 1.56. The lowest BCUT2D eigenvalue weighted by molar-refractivity contribution is 0.359. The average Bonchev–Trinajstić information content (AvgIpc) is 3.28. The standard InChI is InChI=1S/C19H21NO3S2/c1-15(2)17-5-7-19(8-6-17)25(21,22)20(12-16-9-11-24-14-16)13-18-4-3-10-23-18/h3-11,14-15H,12-13H2,1-2H3. The molecule has 0 saturated carbocycles. The molecule has 0 bridgehead atoms. The van der Waals surface area contributed by atoms with Gasteiger partial charge in [-0.15, -0.1) is 0 Å². The van der Waals surface area contributed by atoms with Gasteiger partial charge < -0.3 is 4.42 Å². The molecule has 0 fully saturated rings. The van der Waals surface area contributed by atoms with Crippen LogP contribution in [-0.4, -0.2) is 12.7 Å². The summed E-state index contributed by atoms with van der Waals surface area (Å²) in [6.45, 7) is 4.70. The second-order valence-electron chi connectivity index (χ2n) is 6.21. The summed E-state index contributed by atoms with van der Waals surface area (Å²) in [4.78, 5) is 0.304.